The zero-order chi connectivity index (χ0) is 33.5. The van der Waals surface area contributed by atoms with Crippen LogP contribution in [0.3, 0.4) is 0 Å². The molecule has 3 aromatic heterocycles. The van der Waals surface area contributed by atoms with Crippen molar-refractivity contribution < 1.29 is 4.42 Å². The molecule has 0 aliphatic rings. The summed E-state index contributed by atoms with van der Waals surface area (Å²) in [6.45, 7) is 0. The summed E-state index contributed by atoms with van der Waals surface area (Å²) in [7, 11) is 0. The van der Waals surface area contributed by atoms with Gasteiger partial charge in [-0.3, -0.25) is 0 Å². The van der Waals surface area contributed by atoms with Crippen LogP contribution in [0, 0.1) is 0 Å². The predicted molar refractivity (Wildman–Crippen MR) is 217 cm³/mol. The number of fused-ring (bicyclic) bond motifs is 9. The molecule has 3 heterocycles. The van der Waals surface area contributed by atoms with E-state index in [2.05, 4.69) is 180 Å². The minimum atomic E-state index is 0.885. The monoisotopic (exact) mass is 667 g/mol. The van der Waals surface area contributed by atoms with Crippen molar-refractivity contribution in [3.8, 4) is 39.1 Å². The first-order valence-electron chi connectivity index (χ1n) is 17.3. The van der Waals surface area contributed by atoms with E-state index in [4.69, 9.17) is 4.42 Å². The first-order chi connectivity index (χ1) is 25.3. The summed E-state index contributed by atoms with van der Waals surface area (Å²) < 4.78 is 11.6. The maximum atomic E-state index is 6.59. The van der Waals surface area contributed by atoms with Crippen LogP contribution in [0.2, 0.25) is 0 Å². The first-order valence-corrected chi connectivity index (χ1v) is 18.2. The Bertz CT molecular complexity index is 3030. The van der Waals surface area contributed by atoms with Crippen molar-refractivity contribution in [2.24, 2.45) is 0 Å². The fourth-order valence-corrected chi connectivity index (χ4v) is 9.21. The highest BCUT2D eigenvalue weighted by Gasteiger charge is 2.20. The molecule has 0 spiro atoms. The van der Waals surface area contributed by atoms with Gasteiger partial charge in [0, 0.05) is 36.3 Å². The molecule has 0 saturated carbocycles. The van der Waals surface area contributed by atoms with Crippen molar-refractivity contribution in [3.63, 3.8) is 0 Å². The fraction of sp³-hybridized carbons (Fsp3) is 0. The van der Waals surface area contributed by atoms with E-state index in [1.54, 1.807) is 0 Å². The number of hydrogen-bond acceptors (Lipinski definition) is 2. The number of nitrogens with zero attached hydrogens (tertiary/aromatic N) is 1. The molecule has 0 aliphatic heterocycles. The molecule has 0 fully saturated rings. The van der Waals surface area contributed by atoms with Gasteiger partial charge in [0.25, 0.3) is 0 Å². The Morgan fingerprint density at radius 2 is 0.980 bits per heavy atom. The maximum Gasteiger partial charge on any atom is 0.137 e. The molecule has 3 heteroatoms. The second-order valence-corrected chi connectivity index (χ2v) is 14.4. The Labute approximate surface area is 298 Å². The van der Waals surface area contributed by atoms with Gasteiger partial charge in [-0.1, -0.05) is 115 Å². The van der Waals surface area contributed by atoms with E-state index in [0.29, 0.717) is 0 Å². The molecule has 0 aliphatic carbocycles. The number of hydrogen-bond donors (Lipinski definition) is 0. The standard InChI is InChI=1S/C48H29NOS/c1-3-11-30(12-4-1)32-21-24-40-37(27-32)38-28-33(31-13-5-2-6-14-31)22-25-41(38)49(40)42-17-10-18-44-48(42)39-29-34(23-26-43(39)50-44)35-16-9-20-46-47(35)36-15-7-8-19-45(36)51-46/h1-29H. The van der Waals surface area contributed by atoms with Gasteiger partial charge in [-0.25, -0.2) is 0 Å². The topological polar surface area (TPSA) is 18.1 Å². The lowest BCUT2D eigenvalue weighted by atomic mass is 9.97. The molecule has 238 valence electrons. The lowest BCUT2D eigenvalue weighted by molar-refractivity contribution is 0.669. The van der Waals surface area contributed by atoms with E-state index in [1.807, 2.05) is 11.3 Å². The van der Waals surface area contributed by atoms with Gasteiger partial charge in [0.05, 0.1) is 22.1 Å². The van der Waals surface area contributed by atoms with Crippen LogP contribution in [-0.4, -0.2) is 4.57 Å². The smallest absolute Gasteiger partial charge is 0.137 e. The van der Waals surface area contributed by atoms with Gasteiger partial charge in [-0.05, 0) is 94.0 Å². The number of benzene rings is 8. The molecule has 0 N–H and O–H groups in total. The maximum absolute atomic E-state index is 6.59. The summed E-state index contributed by atoms with van der Waals surface area (Å²) in [6, 6.07) is 63.7. The predicted octanol–water partition coefficient (Wildman–Crippen LogP) is 14.1. The van der Waals surface area contributed by atoms with E-state index in [9.17, 15) is 0 Å². The van der Waals surface area contributed by atoms with Crippen molar-refractivity contribution >= 4 is 75.3 Å². The van der Waals surface area contributed by atoms with Crippen LogP contribution in [-0.2, 0) is 0 Å². The molecule has 0 saturated heterocycles. The van der Waals surface area contributed by atoms with Gasteiger partial charge in [0.2, 0.25) is 0 Å². The minimum absolute atomic E-state index is 0.885. The lowest BCUT2D eigenvalue weighted by Gasteiger charge is -2.11. The molecular formula is C48H29NOS. The van der Waals surface area contributed by atoms with Crippen molar-refractivity contribution in [1.29, 1.82) is 0 Å². The van der Waals surface area contributed by atoms with Crippen LogP contribution in [0.4, 0.5) is 0 Å². The fourth-order valence-electron chi connectivity index (χ4n) is 8.08. The van der Waals surface area contributed by atoms with E-state index in [0.717, 1.165) is 27.6 Å². The summed E-state index contributed by atoms with van der Waals surface area (Å²) in [5.74, 6) is 0. The Hall–Kier alpha value is -6.42. The van der Waals surface area contributed by atoms with Gasteiger partial charge in [-0.2, -0.15) is 0 Å². The first kappa shape index (κ1) is 28.4. The van der Waals surface area contributed by atoms with Crippen LogP contribution >= 0.6 is 11.3 Å². The molecule has 0 unspecified atom stereocenters. The third kappa shape index (κ3) is 4.35. The number of rotatable bonds is 4. The summed E-state index contributed by atoms with van der Waals surface area (Å²) in [5.41, 5.74) is 12.5. The van der Waals surface area contributed by atoms with Crippen molar-refractivity contribution in [2.45, 2.75) is 0 Å². The van der Waals surface area contributed by atoms with Gasteiger partial charge < -0.3 is 8.98 Å². The largest absolute Gasteiger partial charge is 0.456 e. The Morgan fingerprint density at radius 3 is 1.71 bits per heavy atom. The molecule has 0 atom stereocenters. The van der Waals surface area contributed by atoms with Gasteiger partial charge in [0.1, 0.15) is 11.2 Å². The Balaban J connectivity index is 1.19. The molecule has 0 bridgehead atoms. The highest BCUT2D eigenvalue weighted by molar-refractivity contribution is 7.25. The molecule has 0 radical (unpaired) electrons. The number of aromatic nitrogens is 1. The summed E-state index contributed by atoms with van der Waals surface area (Å²) in [5, 5.41) is 7.31. The summed E-state index contributed by atoms with van der Waals surface area (Å²) in [4.78, 5) is 0. The second-order valence-electron chi connectivity index (χ2n) is 13.3. The van der Waals surface area contributed by atoms with Gasteiger partial charge in [-0.15, -0.1) is 11.3 Å². The Kier molecular flexibility index (Phi) is 6.16. The van der Waals surface area contributed by atoms with Gasteiger partial charge >= 0.3 is 0 Å². The second kappa shape index (κ2) is 11.0. The van der Waals surface area contributed by atoms with Crippen molar-refractivity contribution in [3.05, 3.63) is 176 Å². The molecule has 11 rings (SSSR count). The van der Waals surface area contributed by atoms with Crippen molar-refractivity contribution in [1.82, 2.24) is 4.57 Å². The number of thiophene rings is 1. The van der Waals surface area contributed by atoms with E-state index in [-0.39, 0.29) is 0 Å². The number of furan rings is 1. The molecule has 51 heavy (non-hydrogen) atoms. The lowest BCUT2D eigenvalue weighted by Crippen LogP contribution is -1.95. The SMILES string of the molecule is c1ccc(-c2ccc3c(c2)c2cc(-c4ccccc4)ccc2n3-c2cccc3oc4ccc(-c5cccc6sc7ccccc7c56)cc4c23)cc1. The minimum Gasteiger partial charge on any atom is -0.456 e. The summed E-state index contributed by atoms with van der Waals surface area (Å²) >= 11 is 1.86. The Morgan fingerprint density at radius 1 is 0.373 bits per heavy atom. The highest BCUT2D eigenvalue weighted by atomic mass is 32.1. The highest BCUT2D eigenvalue weighted by Crippen LogP contribution is 2.44. The average molecular weight is 668 g/mol. The van der Waals surface area contributed by atoms with Crippen LogP contribution < -0.4 is 0 Å². The average Bonchev–Trinajstić information content (AvgIpc) is 3.87. The third-order valence-corrected chi connectivity index (χ3v) is 11.5. The van der Waals surface area contributed by atoms with Crippen LogP contribution in [0.25, 0.3) is 103 Å². The third-order valence-electron chi connectivity index (χ3n) is 10.4. The van der Waals surface area contributed by atoms with Gasteiger partial charge in [0.15, 0.2) is 0 Å². The van der Waals surface area contributed by atoms with Crippen LogP contribution in [0.5, 0.6) is 0 Å². The molecule has 8 aromatic carbocycles. The quantitative estimate of drug-likeness (QED) is 0.183. The van der Waals surface area contributed by atoms with E-state index in [1.165, 1.54) is 75.4 Å². The van der Waals surface area contributed by atoms with E-state index < -0.39 is 0 Å². The van der Waals surface area contributed by atoms with Crippen molar-refractivity contribution in [2.75, 3.05) is 0 Å². The van der Waals surface area contributed by atoms with Crippen LogP contribution in [0.1, 0.15) is 0 Å². The molecule has 0 amide bonds. The zero-order valence-corrected chi connectivity index (χ0v) is 28.3. The zero-order valence-electron chi connectivity index (χ0n) is 27.5. The molecule has 11 aromatic rings. The normalized spacial score (nSPS) is 11.9. The molecular weight excluding hydrogens is 639 g/mol. The van der Waals surface area contributed by atoms with E-state index >= 15 is 0 Å². The van der Waals surface area contributed by atoms with Crippen LogP contribution in [0.15, 0.2) is 180 Å². The molecule has 2 nitrogen and oxygen atoms in total. The summed E-state index contributed by atoms with van der Waals surface area (Å²) in [6.07, 6.45) is 0.